The molecule has 0 saturated carbocycles. The van der Waals surface area contributed by atoms with Gasteiger partial charge in [-0.1, -0.05) is 30.3 Å². The first-order chi connectivity index (χ1) is 15.1. The number of amides is 1. The smallest absolute Gasteiger partial charge is 0.244 e. The van der Waals surface area contributed by atoms with Gasteiger partial charge < -0.3 is 10.1 Å². The Labute approximate surface area is 190 Å². The van der Waals surface area contributed by atoms with Gasteiger partial charge in [0.15, 0.2) is 0 Å². The number of carbonyl (C=O) groups excluding carboxylic acids is 1. The van der Waals surface area contributed by atoms with Gasteiger partial charge in [-0.05, 0) is 42.3 Å². The number of aryl methyl sites for hydroxylation is 1. The molecule has 0 saturated heterocycles. The Balaban J connectivity index is 1.39. The van der Waals surface area contributed by atoms with Crippen LogP contribution in [-0.2, 0) is 17.2 Å². The molecular weight excluding hydrogens is 426 g/mol. The SMILES string of the molecule is Cc1nc(COc2cccc(/C=C/C(=O)NCCSCc3ccccc3C#N)c2)cs1. The predicted octanol–water partition coefficient (Wildman–Crippen LogP) is 4.97. The average molecular weight is 450 g/mol. The molecule has 7 heteroatoms. The van der Waals surface area contributed by atoms with Gasteiger partial charge in [-0.2, -0.15) is 17.0 Å². The summed E-state index contributed by atoms with van der Waals surface area (Å²) in [5.41, 5.74) is 3.53. The number of nitrogens with zero attached hydrogens (tertiary/aromatic N) is 2. The number of carbonyl (C=O) groups is 1. The Morgan fingerprint density at radius 3 is 2.97 bits per heavy atom. The molecule has 0 unspecified atom stereocenters. The van der Waals surface area contributed by atoms with Crippen molar-refractivity contribution in [2.24, 2.45) is 0 Å². The van der Waals surface area contributed by atoms with Gasteiger partial charge in [0.05, 0.1) is 22.3 Å². The molecule has 0 spiro atoms. The summed E-state index contributed by atoms with van der Waals surface area (Å²) < 4.78 is 5.78. The molecule has 1 heterocycles. The van der Waals surface area contributed by atoms with E-state index in [1.165, 1.54) is 6.08 Å². The maximum Gasteiger partial charge on any atom is 0.244 e. The fraction of sp³-hybridized carbons (Fsp3) is 0.208. The molecule has 0 bridgehead atoms. The number of hydrogen-bond donors (Lipinski definition) is 1. The minimum absolute atomic E-state index is 0.137. The first-order valence-corrected chi connectivity index (χ1v) is 11.8. The van der Waals surface area contributed by atoms with Crippen LogP contribution < -0.4 is 10.1 Å². The second-order valence-corrected chi connectivity index (χ2v) is 8.83. The molecular formula is C24H23N3O2S2. The van der Waals surface area contributed by atoms with E-state index in [4.69, 9.17) is 10.00 Å². The van der Waals surface area contributed by atoms with E-state index in [9.17, 15) is 4.79 Å². The van der Waals surface area contributed by atoms with Crippen LogP contribution in [-0.4, -0.2) is 23.2 Å². The van der Waals surface area contributed by atoms with Gasteiger partial charge in [-0.15, -0.1) is 11.3 Å². The number of rotatable bonds is 10. The van der Waals surface area contributed by atoms with Crippen LogP contribution >= 0.6 is 23.1 Å². The molecule has 0 aliphatic carbocycles. The molecule has 31 heavy (non-hydrogen) atoms. The Hall–Kier alpha value is -3.08. The zero-order chi connectivity index (χ0) is 21.9. The molecule has 3 aromatic rings. The van der Waals surface area contributed by atoms with Crippen molar-refractivity contribution in [2.45, 2.75) is 19.3 Å². The molecule has 0 aliphatic rings. The van der Waals surface area contributed by atoms with Crippen LogP contribution in [0.1, 0.15) is 27.4 Å². The lowest BCUT2D eigenvalue weighted by atomic mass is 10.1. The van der Waals surface area contributed by atoms with E-state index in [2.05, 4.69) is 16.4 Å². The second kappa shape index (κ2) is 11.9. The monoisotopic (exact) mass is 449 g/mol. The molecule has 0 fully saturated rings. The van der Waals surface area contributed by atoms with Crippen molar-refractivity contribution in [2.75, 3.05) is 12.3 Å². The third-order valence-electron chi connectivity index (χ3n) is 4.28. The van der Waals surface area contributed by atoms with E-state index in [-0.39, 0.29) is 5.91 Å². The third kappa shape index (κ3) is 7.59. The Kier molecular flexibility index (Phi) is 8.71. The largest absolute Gasteiger partial charge is 0.487 e. The van der Waals surface area contributed by atoms with Gasteiger partial charge in [0.1, 0.15) is 12.4 Å². The van der Waals surface area contributed by atoms with Crippen molar-refractivity contribution in [1.29, 1.82) is 5.26 Å². The number of aromatic nitrogens is 1. The minimum Gasteiger partial charge on any atom is -0.487 e. The Bertz CT molecular complexity index is 1090. The van der Waals surface area contributed by atoms with Crippen molar-refractivity contribution < 1.29 is 9.53 Å². The van der Waals surface area contributed by atoms with E-state index >= 15 is 0 Å². The fourth-order valence-corrected chi connectivity index (χ4v) is 4.21. The zero-order valence-electron chi connectivity index (χ0n) is 17.2. The molecule has 1 aromatic heterocycles. The first-order valence-electron chi connectivity index (χ1n) is 9.79. The average Bonchev–Trinajstić information content (AvgIpc) is 3.21. The quantitative estimate of drug-likeness (QED) is 0.350. The van der Waals surface area contributed by atoms with E-state index in [1.807, 2.05) is 60.8 Å². The lowest BCUT2D eigenvalue weighted by molar-refractivity contribution is -0.116. The highest BCUT2D eigenvalue weighted by atomic mass is 32.2. The normalized spacial score (nSPS) is 10.7. The number of ether oxygens (including phenoxy) is 1. The fourth-order valence-electron chi connectivity index (χ4n) is 2.75. The summed E-state index contributed by atoms with van der Waals surface area (Å²) in [6.45, 7) is 2.96. The van der Waals surface area contributed by atoms with Crippen LogP contribution in [0.4, 0.5) is 0 Å². The van der Waals surface area contributed by atoms with Crippen molar-refractivity contribution in [3.63, 3.8) is 0 Å². The Morgan fingerprint density at radius 1 is 1.29 bits per heavy atom. The molecule has 0 radical (unpaired) electrons. The molecule has 0 aliphatic heterocycles. The number of nitriles is 1. The molecule has 3 rings (SSSR count). The highest BCUT2D eigenvalue weighted by Gasteiger charge is 2.02. The Morgan fingerprint density at radius 2 is 2.16 bits per heavy atom. The number of benzene rings is 2. The molecule has 1 amide bonds. The zero-order valence-corrected chi connectivity index (χ0v) is 18.8. The summed E-state index contributed by atoms with van der Waals surface area (Å²) >= 11 is 3.29. The number of nitrogens with one attached hydrogen (secondary N) is 1. The lowest BCUT2D eigenvalue weighted by Crippen LogP contribution is -2.23. The van der Waals surface area contributed by atoms with Crippen molar-refractivity contribution in [3.8, 4) is 11.8 Å². The highest BCUT2D eigenvalue weighted by molar-refractivity contribution is 7.98. The standard InChI is InChI=1S/C24H23N3O2S2/c1-18-27-22(17-31-18)15-29-23-8-4-5-19(13-23)9-10-24(28)26-11-12-30-16-21-7-3-2-6-20(21)14-25/h2-10,13,17H,11-12,15-16H2,1H3,(H,26,28)/b10-9+. The number of hydrogen-bond acceptors (Lipinski definition) is 6. The summed E-state index contributed by atoms with van der Waals surface area (Å²) in [6.07, 6.45) is 3.30. The van der Waals surface area contributed by atoms with Gasteiger partial charge in [0, 0.05) is 29.5 Å². The molecule has 5 nitrogen and oxygen atoms in total. The third-order valence-corrected chi connectivity index (χ3v) is 6.11. The summed E-state index contributed by atoms with van der Waals surface area (Å²) in [5, 5.41) is 15.0. The lowest BCUT2D eigenvalue weighted by Gasteiger charge is -2.05. The van der Waals surface area contributed by atoms with Crippen LogP contribution in [0.25, 0.3) is 6.08 Å². The summed E-state index contributed by atoms with van der Waals surface area (Å²) in [5.74, 6) is 2.13. The van der Waals surface area contributed by atoms with E-state index < -0.39 is 0 Å². The molecule has 158 valence electrons. The van der Waals surface area contributed by atoms with Crippen LogP contribution in [0.5, 0.6) is 5.75 Å². The van der Waals surface area contributed by atoms with Gasteiger partial charge >= 0.3 is 0 Å². The van der Waals surface area contributed by atoms with Gasteiger partial charge in [-0.3, -0.25) is 4.79 Å². The van der Waals surface area contributed by atoms with Crippen LogP contribution in [0.3, 0.4) is 0 Å². The molecule has 2 aromatic carbocycles. The maximum atomic E-state index is 12.1. The summed E-state index contributed by atoms with van der Waals surface area (Å²) in [7, 11) is 0. The summed E-state index contributed by atoms with van der Waals surface area (Å²) in [4.78, 5) is 16.4. The molecule has 0 atom stereocenters. The van der Waals surface area contributed by atoms with Crippen molar-refractivity contribution in [1.82, 2.24) is 10.3 Å². The number of thiazole rings is 1. The van der Waals surface area contributed by atoms with Crippen molar-refractivity contribution in [3.05, 3.63) is 87.4 Å². The predicted molar refractivity (Wildman–Crippen MR) is 127 cm³/mol. The van der Waals surface area contributed by atoms with Gasteiger partial charge in [0.2, 0.25) is 5.91 Å². The van der Waals surface area contributed by atoms with Crippen LogP contribution in [0.15, 0.2) is 60.0 Å². The van der Waals surface area contributed by atoms with E-state index in [1.54, 1.807) is 29.2 Å². The van der Waals surface area contributed by atoms with Gasteiger partial charge in [-0.25, -0.2) is 4.98 Å². The van der Waals surface area contributed by atoms with Gasteiger partial charge in [0.25, 0.3) is 0 Å². The van der Waals surface area contributed by atoms with Crippen molar-refractivity contribution >= 4 is 35.1 Å². The maximum absolute atomic E-state index is 12.1. The van der Waals surface area contributed by atoms with E-state index in [0.29, 0.717) is 18.7 Å². The van der Waals surface area contributed by atoms with Crippen LogP contribution in [0.2, 0.25) is 0 Å². The molecule has 1 N–H and O–H groups in total. The first kappa shape index (κ1) is 22.6. The minimum atomic E-state index is -0.137. The second-order valence-electron chi connectivity index (χ2n) is 6.66. The van der Waals surface area contributed by atoms with E-state index in [0.717, 1.165) is 39.1 Å². The summed E-state index contributed by atoms with van der Waals surface area (Å²) in [6, 6.07) is 17.4. The highest BCUT2D eigenvalue weighted by Crippen LogP contribution is 2.17. The van der Waals surface area contributed by atoms with Crippen LogP contribution in [0, 0.1) is 18.3 Å². The topological polar surface area (TPSA) is 75.0 Å². The number of thioether (sulfide) groups is 1.